The third-order valence-electron chi connectivity index (χ3n) is 4.74. The minimum absolute atomic E-state index is 0.0727. The van der Waals surface area contributed by atoms with Gasteiger partial charge in [-0.05, 0) is 18.3 Å². The lowest BCUT2D eigenvalue weighted by Crippen LogP contribution is -2.58. The van der Waals surface area contributed by atoms with Crippen LogP contribution >= 0.6 is 0 Å². The van der Waals surface area contributed by atoms with Gasteiger partial charge in [0.1, 0.15) is 18.1 Å². The second kappa shape index (κ2) is 13.5. The van der Waals surface area contributed by atoms with Crippen LogP contribution in [0, 0.1) is 11.8 Å². The number of primary amides is 1. The summed E-state index contributed by atoms with van der Waals surface area (Å²) in [5.41, 5.74) is 11.0. The molecule has 0 aromatic heterocycles. The van der Waals surface area contributed by atoms with Crippen molar-refractivity contribution in [3.8, 4) is 0 Å². The van der Waals surface area contributed by atoms with Gasteiger partial charge in [0.2, 0.25) is 23.6 Å². The number of aliphatic hydroxyl groups is 1. The molecule has 0 heterocycles. The summed E-state index contributed by atoms with van der Waals surface area (Å²) in [6.45, 7) is 6.33. The minimum Gasteiger partial charge on any atom is -0.480 e. The second-order valence-electron chi connectivity index (χ2n) is 7.92. The molecule has 5 unspecified atom stereocenters. The molecule has 0 rings (SSSR count). The summed E-state index contributed by atoms with van der Waals surface area (Å²) < 4.78 is 0. The average molecular weight is 446 g/mol. The van der Waals surface area contributed by atoms with E-state index in [2.05, 4.69) is 16.0 Å². The molecule has 0 aromatic rings. The van der Waals surface area contributed by atoms with Gasteiger partial charge in [-0.2, -0.15) is 0 Å². The Kier molecular flexibility index (Phi) is 12.4. The molecular formula is C19H35N5O7. The molecule has 0 bridgehead atoms. The molecule has 0 aliphatic rings. The smallest absolute Gasteiger partial charge is 0.328 e. The number of aliphatic hydroxyl groups excluding tert-OH is 1. The highest BCUT2D eigenvalue weighted by atomic mass is 16.4. The fourth-order valence-corrected chi connectivity index (χ4v) is 2.62. The zero-order valence-corrected chi connectivity index (χ0v) is 18.4. The number of carbonyl (C=O) groups excluding carboxylic acids is 4. The van der Waals surface area contributed by atoms with Gasteiger partial charge in [-0.25, -0.2) is 4.79 Å². The molecule has 0 aliphatic carbocycles. The predicted molar refractivity (Wildman–Crippen MR) is 111 cm³/mol. The quantitative estimate of drug-likeness (QED) is 0.155. The van der Waals surface area contributed by atoms with Gasteiger partial charge in [0, 0.05) is 0 Å². The maximum absolute atomic E-state index is 12.7. The summed E-state index contributed by atoms with van der Waals surface area (Å²) in [7, 11) is 0. The fourth-order valence-electron chi connectivity index (χ4n) is 2.62. The van der Waals surface area contributed by atoms with Crippen molar-refractivity contribution >= 4 is 29.6 Å². The lowest BCUT2D eigenvalue weighted by molar-refractivity contribution is -0.143. The number of hydrogen-bond acceptors (Lipinski definition) is 7. The lowest BCUT2D eigenvalue weighted by atomic mass is 9.98. The van der Waals surface area contributed by atoms with Crippen LogP contribution in [-0.2, 0) is 24.0 Å². The molecule has 12 nitrogen and oxygen atoms in total. The van der Waals surface area contributed by atoms with E-state index in [9.17, 15) is 24.0 Å². The highest BCUT2D eigenvalue weighted by molar-refractivity contribution is 5.96. The Bertz CT molecular complexity index is 656. The normalized spacial score (nSPS) is 15.8. The van der Waals surface area contributed by atoms with E-state index in [1.165, 1.54) is 0 Å². The standard InChI is InChI=1S/C19H35N5O7/c1-5-10(4)15(21)18(29)23-12(7-14(20)26)17(28)22-11(6-9(2)3)16(27)24-13(8-25)19(30)31/h9-13,15,25H,5-8,21H2,1-4H3,(H2,20,26)(H,22,28)(H,23,29)(H,24,27)(H,30,31). The highest BCUT2D eigenvalue weighted by Crippen LogP contribution is 2.08. The molecule has 31 heavy (non-hydrogen) atoms. The van der Waals surface area contributed by atoms with Crippen molar-refractivity contribution in [3.63, 3.8) is 0 Å². The minimum atomic E-state index is -1.55. The lowest BCUT2D eigenvalue weighted by Gasteiger charge is -2.26. The summed E-state index contributed by atoms with van der Waals surface area (Å²) >= 11 is 0. The molecule has 0 spiro atoms. The van der Waals surface area contributed by atoms with Crippen LogP contribution < -0.4 is 27.4 Å². The van der Waals surface area contributed by atoms with Gasteiger partial charge in [0.25, 0.3) is 0 Å². The largest absolute Gasteiger partial charge is 0.480 e. The van der Waals surface area contributed by atoms with Gasteiger partial charge >= 0.3 is 5.97 Å². The second-order valence-corrected chi connectivity index (χ2v) is 7.92. The monoisotopic (exact) mass is 445 g/mol. The van der Waals surface area contributed by atoms with Crippen molar-refractivity contribution in [3.05, 3.63) is 0 Å². The maximum Gasteiger partial charge on any atom is 0.328 e. The van der Waals surface area contributed by atoms with E-state index < -0.39 is 66.8 Å². The molecule has 0 aliphatic heterocycles. The summed E-state index contributed by atoms with van der Waals surface area (Å²) in [6, 6.07) is -5.00. The summed E-state index contributed by atoms with van der Waals surface area (Å²) in [5, 5.41) is 25.0. The van der Waals surface area contributed by atoms with Crippen LogP contribution in [0.3, 0.4) is 0 Å². The first-order chi connectivity index (χ1) is 14.3. The predicted octanol–water partition coefficient (Wildman–Crippen LogP) is -2.19. The molecule has 9 N–H and O–H groups in total. The first-order valence-corrected chi connectivity index (χ1v) is 10.1. The van der Waals surface area contributed by atoms with Crippen molar-refractivity contribution < 1.29 is 34.2 Å². The molecule has 0 saturated carbocycles. The molecule has 5 atom stereocenters. The molecule has 0 aromatic carbocycles. The van der Waals surface area contributed by atoms with E-state index in [0.29, 0.717) is 6.42 Å². The Morgan fingerprint density at radius 1 is 0.871 bits per heavy atom. The third-order valence-corrected chi connectivity index (χ3v) is 4.74. The van der Waals surface area contributed by atoms with Gasteiger partial charge < -0.3 is 37.6 Å². The molecule has 0 radical (unpaired) electrons. The third kappa shape index (κ3) is 10.2. The van der Waals surface area contributed by atoms with E-state index in [1.807, 2.05) is 6.92 Å². The fraction of sp³-hybridized carbons (Fsp3) is 0.737. The number of amides is 4. The topological polar surface area (TPSA) is 214 Å². The van der Waals surface area contributed by atoms with E-state index in [4.69, 9.17) is 21.7 Å². The van der Waals surface area contributed by atoms with Crippen LogP contribution in [0.15, 0.2) is 0 Å². The first-order valence-electron chi connectivity index (χ1n) is 10.1. The molecule has 12 heteroatoms. The molecule has 178 valence electrons. The molecule has 4 amide bonds. The van der Waals surface area contributed by atoms with E-state index in [1.54, 1.807) is 20.8 Å². The zero-order chi connectivity index (χ0) is 24.3. The summed E-state index contributed by atoms with van der Waals surface area (Å²) in [5.74, 6) is -4.87. The van der Waals surface area contributed by atoms with Crippen molar-refractivity contribution in [1.82, 2.24) is 16.0 Å². The van der Waals surface area contributed by atoms with Crippen molar-refractivity contribution in [2.45, 2.75) is 71.1 Å². The highest BCUT2D eigenvalue weighted by Gasteiger charge is 2.31. The number of carbonyl (C=O) groups is 5. The van der Waals surface area contributed by atoms with Gasteiger partial charge in [-0.15, -0.1) is 0 Å². The summed E-state index contributed by atoms with van der Waals surface area (Å²) in [4.78, 5) is 60.0. The van der Waals surface area contributed by atoms with Gasteiger partial charge in [0.15, 0.2) is 0 Å². The SMILES string of the molecule is CCC(C)C(N)C(=O)NC(CC(N)=O)C(=O)NC(CC(C)C)C(=O)NC(CO)C(=O)O. The summed E-state index contributed by atoms with van der Waals surface area (Å²) in [6.07, 6.45) is 0.238. The number of aliphatic carboxylic acids is 1. The Labute approximate surface area is 181 Å². The van der Waals surface area contributed by atoms with Crippen molar-refractivity contribution in [2.75, 3.05) is 6.61 Å². The first kappa shape index (κ1) is 28.3. The number of rotatable bonds is 14. The maximum atomic E-state index is 12.7. The van der Waals surface area contributed by atoms with Crippen molar-refractivity contribution in [2.24, 2.45) is 23.3 Å². The zero-order valence-electron chi connectivity index (χ0n) is 18.4. The van der Waals surface area contributed by atoms with Crippen molar-refractivity contribution in [1.29, 1.82) is 0 Å². The van der Waals surface area contributed by atoms with Crippen LogP contribution in [0.1, 0.15) is 47.0 Å². The van der Waals surface area contributed by atoms with Crippen LogP contribution in [0.2, 0.25) is 0 Å². The van der Waals surface area contributed by atoms with Gasteiger partial charge in [-0.3, -0.25) is 19.2 Å². The molecule has 0 saturated heterocycles. The van der Waals surface area contributed by atoms with Gasteiger partial charge in [-0.1, -0.05) is 34.1 Å². The number of hydrogen-bond donors (Lipinski definition) is 7. The van der Waals surface area contributed by atoms with E-state index in [-0.39, 0.29) is 18.3 Å². The van der Waals surface area contributed by atoms with Crippen LogP contribution in [-0.4, -0.2) is 70.6 Å². The van der Waals surface area contributed by atoms with Crippen LogP contribution in [0.5, 0.6) is 0 Å². The number of nitrogens with one attached hydrogen (secondary N) is 3. The Hall–Kier alpha value is -2.73. The average Bonchev–Trinajstić information content (AvgIpc) is 2.68. The van der Waals surface area contributed by atoms with E-state index >= 15 is 0 Å². The number of carboxylic acid groups (broad SMARTS) is 1. The number of carboxylic acids is 1. The van der Waals surface area contributed by atoms with Crippen LogP contribution in [0.25, 0.3) is 0 Å². The molecular weight excluding hydrogens is 410 g/mol. The number of nitrogens with two attached hydrogens (primary N) is 2. The molecule has 0 fully saturated rings. The van der Waals surface area contributed by atoms with Crippen LogP contribution in [0.4, 0.5) is 0 Å². The van der Waals surface area contributed by atoms with Gasteiger partial charge in [0.05, 0.1) is 19.1 Å². The van der Waals surface area contributed by atoms with E-state index in [0.717, 1.165) is 0 Å². The Morgan fingerprint density at radius 2 is 1.35 bits per heavy atom. The Balaban J connectivity index is 5.48. The Morgan fingerprint density at radius 3 is 1.77 bits per heavy atom.